The summed E-state index contributed by atoms with van der Waals surface area (Å²) in [5.41, 5.74) is 0.991. The topological polar surface area (TPSA) is 161 Å². The third kappa shape index (κ3) is 13.3. The Bertz CT molecular complexity index is 1440. The molecule has 0 aliphatic carbocycles. The number of carbonyl (C=O) groups excluding carboxylic acids is 4. The molecule has 2 rings (SSSR count). The molecule has 0 fully saturated rings. The Kier molecular flexibility index (Phi) is 17.7. The second-order valence-corrected chi connectivity index (χ2v) is 10.2. The van der Waals surface area contributed by atoms with Gasteiger partial charge in [0.25, 0.3) is 0 Å². The molecule has 14 heteroatoms. The summed E-state index contributed by atoms with van der Waals surface area (Å²) < 4.78 is 52.9. The molecule has 0 unspecified atom stereocenters. The molecule has 14 nitrogen and oxygen atoms in total. The largest absolute Gasteiger partial charge is 0.490 e. The molecule has 0 saturated heterocycles. The first-order valence-corrected chi connectivity index (χ1v) is 14.9. The SMILES string of the molecule is C=C(COC)C(=O)OCCOc1ccc(-c2ccc(OCCOC(=O)C(=C)COC)cc2OC(=O)C(=C)COC)c(OC(=O)C(=C)COC)c1. The smallest absolute Gasteiger partial charge is 0.341 e. The average Bonchev–Trinajstić information content (AvgIpc) is 3.09. The molecular weight excluding hydrogens is 656 g/mol. The number of rotatable bonds is 23. The molecule has 0 aromatic heterocycles. The summed E-state index contributed by atoms with van der Waals surface area (Å²) in [5.74, 6) is -2.29. The van der Waals surface area contributed by atoms with Crippen LogP contribution in [0.25, 0.3) is 11.1 Å². The van der Waals surface area contributed by atoms with Gasteiger partial charge >= 0.3 is 23.9 Å². The highest BCUT2D eigenvalue weighted by molar-refractivity contribution is 5.93. The highest BCUT2D eigenvalue weighted by atomic mass is 16.6. The fourth-order valence-electron chi connectivity index (χ4n) is 3.87. The number of methoxy groups -OCH3 is 4. The van der Waals surface area contributed by atoms with E-state index in [0.29, 0.717) is 11.1 Å². The van der Waals surface area contributed by atoms with Crippen molar-refractivity contribution in [2.24, 2.45) is 0 Å². The van der Waals surface area contributed by atoms with E-state index >= 15 is 0 Å². The molecule has 0 saturated carbocycles. The van der Waals surface area contributed by atoms with Crippen LogP contribution >= 0.6 is 0 Å². The van der Waals surface area contributed by atoms with Gasteiger partial charge in [-0.2, -0.15) is 0 Å². The lowest BCUT2D eigenvalue weighted by molar-refractivity contribution is -0.141. The monoisotopic (exact) mass is 698 g/mol. The van der Waals surface area contributed by atoms with E-state index in [-0.39, 0.29) is 98.1 Å². The van der Waals surface area contributed by atoms with Crippen molar-refractivity contribution in [3.63, 3.8) is 0 Å². The molecule has 0 aliphatic rings. The lowest BCUT2D eigenvalue weighted by atomic mass is 10.0. The molecular formula is C36H42O14. The van der Waals surface area contributed by atoms with E-state index in [0.717, 1.165) is 0 Å². The Balaban J connectivity index is 2.41. The van der Waals surface area contributed by atoms with Gasteiger partial charge in [0.05, 0.1) is 48.7 Å². The minimum absolute atomic E-state index is 0.0140. The summed E-state index contributed by atoms with van der Waals surface area (Å²) in [6.07, 6.45) is 0. The van der Waals surface area contributed by atoms with Crippen LogP contribution in [0.3, 0.4) is 0 Å². The quantitative estimate of drug-likeness (QED) is 0.0713. The van der Waals surface area contributed by atoms with Crippen molar-refractivity contribution in [3.8, 4) is 34.1 Å². The van der Waals surface area contributed by atoms with Crippen LogP contribution in [0.2, 0.25) is 0 Å². The van der Waals surface area contributed by atoms with E-state index in [1.54, 1.807) is 24.3 Å². The van der Waals surface area contributed by atoms with Gasteiger partial charge < -0.3 is 47.4 Å². The number of carbonyl (C=O) groups is 4. The highest BCUT2D eigenvalue weighted by Gasteiger charge is 2.21. The zero-order chi connectivity index (χ0) is 37.1. The third-order valence-electron chi connectivity index (χ3n) is 6.20. The number of ether oxygens (including phenoxy) is 10. The van der Waals surface area contributed by atoms with Crippen LogP contribution in [0.5, 0.6) is 23.0 Å². The molecule has 2 aromatic rings. The third-order valence-corrected chi connectivity index (χ3v) is 6.20. The normalized spacial score (nSPS) is 10.4. The Morgan fingerprint density at radius 1 is 0.480 bits per heavy atom. The van der Waals surface area contributed by atoms with E-state index < -0.39 is 23.9 Å². The predicted molar refractivity (Wildman–Crippen MR) is 180 cm³/mol. The fourth-order valence-corrected chi connectivity index (χ4v) is 3.87. The minimum atomic E-state index is -0.787. The first-order chi connectivity index (χ1) is 23.9. The molecule has 50 heavy (non-hydrogen) atoms. The summed E-state index contributed by atoms with van der Waals surface area (Å²) in [5, 5.41) is 0. The Labute approximate surface area is 290 Å². The van der Waals surface area contributed by atoms with Crippen molar-refractivity contribution in [1.29, 1.82) is 0 Å². The first-order valence-electron chi connectivity index (χ1n) is 14.9. The number of benzene rings is 2. The van der Waals surface area contributed by atoms with E-state index in [9.17, 15) is 19.2 Å². The van der Waals surface area contributed by atoms with Gasteiger partial charge in [0.15, 0.2) is 0 Å². The maximum atomic E-state index is 12.9. The second kappa shape index (κ2) is 21.6. The van der Waals surface area contributed by atoms with Crippen molar-refractivity contribution >= 4 is 23.9 Å². The van der Waals surface area contributed by atoms with E-state index in [1.165, 1.54) is 40.6 Å². The number of hydrogen-bond acceptors (Lipinski definition) is 14. The lowest BCUT2D eigenvalue weighted by Crippen LogP contribution is -2.16. The Hall–Kier alpha value is -5.28. The van der Waals surface area contributed by atoms with Crippen LogP contribution in [0.4, 0.5) is 0 Å². The van der Waals surface area contributed by atoms with E-state index in [4.69, 9.17) is 47.4 Å². The highest BCUT2D eigenvalue weighted by Crippen LogP contribution is 2.41. The maximum absolute atomic E-state index is 12.9. The molecule has 0 heterocycles. The average molecular weight is 699 g/mol. The van der Waals surface area contributed by atoms with Crippen LogP contribution in [-0.2, 0) is 47.6 Å². The first kappa shape index (κ1) is 40.9. The maximum Gasteiger partial charge on any atom is 0.341 e. The number of hydrogen-bond donors (Lipinski definition) is 0. The second-order valence-electron chi connectivity index (χ2n) is 10.2. The minimum Gasteiger partial charge on any atom is -0.490 e. The molecule has 0 atom stereocenters. The van der Waals surface area contributed by atoms with Gasteiger partial charge in [-0.1, -0.05) is 26.3 Å². The summed E-state index contributed by atoms with van der Waals surface area (Å²) >= 11 is 0. The van der Waals surface area contributed by atoms with Crippen LogP contribution in [-0.4, -0.2) is 105 Å². The van der Waals surface area contributed by atoms with Gasteiger partial charge in [-0.3, -0.25) is 0 Å². The molecule has 0 radical (unpaired) electrons. The van der Waals surface area contributed by atoms with Crippen molar-refractivity contribution in [2.45, 2.75) is 0 Å². The fraction of sp³-hybridized carbons (Fsp3) is 0.333. The Morgan fingerprint density at radius 3 is 1.12 bits per heavy atom. The standard InChI is InChI=1S/C36H42O14/c1-23(19-41-5)33(37)47-15-13-45-27-9-11-29(31(17-27)49-35(39)25(3)21-43-7)30-12-10-28(18-32(30)50-36(40)26(4)22-44-8)46-14-16-48-34(38)24(2)20-42-6/h9-12,17-18H,1-4,13-16,19-22H2,5-8H3. The van der Waals surface area contributed by atoms with Crippen LogP contribution in [0.1, 0.15) is 0 Å². The zero-order valence-corrected chi connectivity index (χ0v) is 28.7. The summed E-state index contributed by atoms with van der Waals surface area (Å²) in [4.78, 5) is 49.8. The van der Waals surface area contributed by atoms with Gasteiger partial charge in [-0.15, -0.1) is 0 Å². The predicted octanol–water partition coefficient (Wildman–Crippen LogP) is 3.82. The van der Waals surface area contributed by atoms with Crippen LogP contribution < -0.4 is 18.9 Å². The summed E-state index contributed by atoms with van der Waals surface area (Å²) in [7, 11) is 5.66. The van der Waals surface area contributed by atoms with Gasteiger partial charge in [-0.25, -0.2) is 19.2 Å². The zero-order valence-electron chi connectivity index (χ0n) is 28.7. The van der Waals surface area contributed by atoms with Crippen LogP contribution in [0, 0.1) is 0 Å². The lowest BCUT2D eigenvalue weighted by Gasteiger charge is -2.17. The molecule has 0 amide bonds. The molecule has 2 aromatic carbocycles. The van der Waals surface area contributed by atoms with Crippen molar-refractivity contribution in [3.05, 3.63) is 85.0 Å². The molecule has 0 spiro atoms. The molecule has 0 bridgehead atoms. The molecule has 0 N–H and O–H groups in total. The van der Waals surface area contributed by atoms with Crippen molar-refractivity contribution < 1.29 is 66.5 Å². The van der Waals surface area contributed by atoms with Gasteiger partial charge in [0.1, 0.15) is 49.4 Å². The van der Waals surface area contributed by atoms with Gasteiger partial charge in [0.2, 0.25) is 0 Å². The summed E-state index contributed by atoms with van der Waals surface area (Å²) in [6, 6.07) is 9.18. The van der Waals surface area contributed by atoms with E-state index in [1.807, 2.05) is 0 Å². The Morgan fingerprint density at radius 2 is 0.800 bits per heavy atom. The van der Waals surface area contributed by atoms with E-state index in [2.05, 4.69) is 26.3 Å². The molecule has 0 aliphatic heterocycles. The summed E-state index contributed by atoms with van der Waals surface area (Å²) in [6.45, 7) is 14.2. The van der Waals surface area contributed by atoms with Crippen molar-refractivity contribution in [2.75, 3.05) is 81.3 Å². The number of esters is 4. The molecule has 270 valence electrons. The van der Waals surface area contributed by atoms with Gasteiger partial charge in [-0.05, 0) is 24.3 Å². The van der Waals surface area contributed by atoms with Crippen LogP contribution in [0.15, 0.2) is 85.0 Å². The van der Waals surface area contributed by atoms with Crippen molar-refractivity contribution in [1.82, 2.24) is 0 Å². The van der Waals surface area contributed by atoms with Gasteiger partial charge in [0, 0.05) is 51.7 Å².